The molecule has 1 aromatic carbocycles. The number of methoxy groups -OCH3 is 1. The molecular weight excluding hydrogens is 348 g/mol. The summed E-state index contributed by atoms with van der Waals surface area (Å²) in [6.07, 6.45) is 4.89. The highest BCUT2D eigenvalue weighted by atomic mass is 32.1. The van der Waals surface area contributed by atoms with Crippen molar-refractivity contribution in [3.8, 4) is 11.6 Å². The van der Waals surface area contributed by atoms with Crippen LogP contribution in [0, 0.1) is 6.92 Å². The standard InChI is InChI=1S/C19H24N4O2S/c1-13-20-19-23(21-13)18(24)17(26-19)16(22-10-5-3-4-6-11-22)14-8-7-9-15(12-14)25-2/h7-9,12,16,24H,3-6,10-11H2,1-2H3. The van der Waals surface area contributed by atoms with Crippen LogP contribution in [0.3, 0.4) is 0 Å². The molecule has 0 aliphatic carbocycles. The molecule has 6 nitrogen and oxygen atoms in total. The smallest absolute Gasteiger partial charge is 0.230 e. The number of nitrogens with zero attached hydrogens (tertiary/aromatic N) is 4. The van der Waals surface area contributed by atoms with Gasteiger partial charge in [0.15, 0.2) is 0 Å². The molecule has 138 valence electrons. The number of rotatable bonds is 4. The van der Waals surface area contributed by atoms with Crippen molar-refractivity contribution in [3.63, 3.8) is 0 Å². The first kappa shape index (κ1) is 17.3. The molecular formula is C19H24N4O2S. The van der Waals surface area contributed by atoms with E-state index in [2.05, 4.69) is 27.1 Å². The number of aryl methyl sites for hydroxylation is 1. The predicted octanol–water partition coefficient (Wildman–Crippen LogP) is 3.78. The molecule has 1 aliphatic rings. The lowest BCUT2D eigenvalue weighted by Crippen LogP contribution is -2.30. The van der Waals surface area contributed by atoms with E-state index < -0.39 is 0 Å². The summed E-state index contributed by atoms with van der Waals surface area (Å²) in [5, 5.41) is 15.2. The fourth-order valence-electron chi connectivity index (χ4n) is 3.72. The zero-order valence-electron chi connectivity index (χ0n) is 15.2. The average molecular weight is 372 g/mol. The van der Waals surface area contributed by atoms with Crippen LogP contribution in [-0.2, 0) is 0 Å². The van der Waals surface area contributed by atoms with Crippen LogP contribution in [0.4, 0.5) is 0 Å². The molecule has 26 heavy (non-hydrogen) atoms. The molecule has 1 aliphatic heterocycles. The fourth-order valence-corrected chi connectivity index (χ4v) is 4.88. The zero-order chi connectivity index (χ0) is 18.1. The Bertz CT molecular complexity index is 896. The molecule has 3 heterocycles. The molecule has 0 saturated carbocycles. The summed E-state index contributed by atoms with van der Waals surface area (Å²) in [7, 11) is 1.68. The van der Waals surface area contributed by atoms with E-state index in [0.29, 0.717) is 5.82 Å². The van der Waals surface area contributed by atoms with E-state index in [0.717, 1.165) is 34.2 Å². The molecule has 7 heteroatoms. The lowest BCUT2D eigenvalue weighted by Gasteiger charge is -2.30. The summed E-state index contributed by atoms with van der Waals surface area (Å²) in [6, 6.07) is 8.12. The Labute approximate surface area is 157 Å². The SMILES string of the molecule is COc1cccc(C(c2sc3nc(C)nn3c2O)N2CCCCCC2)c1. The highest BCUT2D eigenvalue weighted by molar-refractivity contribution is 7.17. The number of likely N-dealkylation sites (tertiary alicyclic amines) is 1. The van der Waals surface area contributed by atoms with Crippen molar-refractivity contribution in [2.45, 2.75) is 38.6 Å². The number of hydrogen-bond acceptors (Lipinski definition) is 6. The van der Waals surface area contributed by atoms with Crippen LogP contribution in [0.5, 0.6) is 11.6 Å². The minimum Gasteiger partial charge on any atom is -0.497 e. The topological polar surface area (TPSA) is 62.9 Å². The van der Waals surface area contributed by atoms with Gasteiger partial charge in [0.1, 0.15) is 11.6 Å². The normalized spacial score (nSPS) is 17.3. The average Bonchev–Trinajstić information content (AvgIpc) is 3.01. The molecule has 1 unspecified atom stereocenters. The van der Waals surface area contributed by atoms with Gasteiger partial charge in [-0.25, -0.2) is 4.98 Å². The van der Waals surface area contributed by atoms with Crippen LogP contribution >= 0.6 is 11.3 Å². The van der Waals surface area contributed by atoms with Crippen LogP contribution in [-0.4, -0.2) is 44.8 Å². The molecule has 1 saturated heterocycles. The Balaban J connectivity index is 1.82. The number of benzene rings is 1. The van der Waals surface area contributed by atoms with E-state index in [-0.39, 0.29) is 11.9 Å². The molecule has 0 amide bonds. The number of hydrogen-bond donors (Lipinski definition) is 1. The second kappa shape index (κ2) is 7.25. The Kier molecular flexibility index (Phi) is 4.82. The number of ether oxygens (including phenoxy) is 1. The first-order valence-electron chi connectivity index (χ1n) is 9.10. The highest BCUT2D eigenvalue weighted by Gasteiger charge is 2.30. The molecule has 1 fully saturated rings. The quantitative estimate of drug-likeness (QED) is 0.755. The predicted molar refractivity (Wildman–Crippen MR) is 102 cm³/mol. The largest absolute Gasteiger partial charge is 0.497 e. The van der Waals surface area contributed by atoms with E-state index in [4.69, 9.17) is 4.74 Å². The van der Waals surface area contributed by atoms with E-state index >= 15 is 0 Å². The van der Waals surface area contributed by atoms with Gasteiger partial charge in [-0.15, -0.1) is 5.10 Å². The Hall–Kier alpha value is -2.12. The van der Waals surface area contributed by atoms with Crippen LogP contribution < -0.4 is 4.74 Å². The molecule has 4 rings (SSSR count). The summed E-state index contributed by atoms with van der Waals surface area (Å²) in [4.78, 5) is 8.54. The van der Waals surface area contributed by atoms with Gasteiger partial charge in [-0.05, 0) is 50.6 Å². The molecule has 1 atom stereocenters. The van der Waals surface area contributed by atoms with Crippen LogP contribution in [0.2, 0.25) is 0 Å². The zero-order valence-corrected chi connectivity index (χ0v) is 16.0. The molecule has 0 radical (unpaired) electrons. The third-order valence-electron chi connectivity index (χ3n) is 4.97. The summed E-state index contributed by atoms with van der Waals surface area (Å²) in [5.74, 6) is 1.70. The number of fused-ring (bicyclic) bond motifs is 1. The Morgan fingerprint density at radius 1 is 1.19 bits per heavy atom. The van der Waals surface area contributed by atoms with Gasteiger partial charge in [0.05, 0.1) is 18.0 Å². The Morgan fingerprint density at radius 2 is 1.96 bits per heavy atom. The van der Waals surface area contributed by atoms with E-state index in [9.17, 15) is 5.11 Å². The van der Waals surface area contributed by atoms with Gasteiger partial charge >= 0.3 is 0 Å². The van der Waals surface area contributed by atoms with E-state index in [1.54, 1.807) is 11.6 Å². The van der Waals surface area contributed by atoms with Gasteiger partial charge in [-0.1, -0.05) is 36.3 Å². The maximum atomic E-state index is 10.9. The first-order chi connectivity index (χ1) is 12.7. The summed E-state index contributed by atoms with van der Waals surface area (Å²) >= 11 is 1.52. The third-order valence-corrected chi connectivity index (χ3v) is 6.04. The number of aromatic hydroxyl groups is 1. The molecule has 1 N–H and O–H groups in total. The monoisotopic (exact) mass is 372 g/mol. The van der Waals surface area contributed by atoms with Gasteiger partial charge < -0.3 is 9.84 Å². The summed E-state index contributed by atoms with van der Waals surface area (Å²) < 4.78 is 6.99. The van der Waals surface area contributed by atoms with Gasteiger partial charge in [-0.2, -0.15) is 4.52 Å². The van der Waals surface area contributed by atoms with Crippen molar-refractivity contribution in [1.29, 1.82) is 0 Å². The summed E-state index contributed by atoms with van der Waals surface area (Å²) in [6.45, 7) is 3.88. The molecule has 3 aromatic rings. The van der Waals surface area contributed by atoms with Crippen molar-refractivity contribution < 1.29 is 9.84 Å². The maximum absolute atomic E-state index is 10.9. The van der Waals surface area contributed by atoms with Crippen molar-refractivity contribution in [1.82, 2.24) is 19.5 Å². The first-order valence-corrected chi connectivity index (χ1v) is 9.92. The van der Waals surface area contributed by atoms with Gasteiger partial charge in [0, 0.05) is 0 Å². The van der Waals surface area contributed by atoms with E-state index in [1.165, 1.54) is 37.0 Å². The fraction of sp³-hybridized carbons (Fsp3) is 0.474. The van der Waals surface area contributed by atoms with Gasteiger partial charge in [0.2, 0.25) is 10.8 Å². The second-order valence-electron chi connectivity index (χ2n) is 6.77. The minimum atomic E-state index is -0.0167. The van der Waals surface area contributed by atoms with Crippen LogP contribution in [0.15, 0.2) is 24.3 Å². The third kappa shape index (κ3) is 3.17. The van der Waals surface area contributed by atoms with Crippen molar-refractivity contribution in [2.75, 3.05) is 20.2 Å². The molecule has 0 spiro atoms. The van der Waals surface area contributed by atoms with Crippen molar-refractivity contribution in [2.24, 2.45) is 0 Å². The van der Waals surface area contributed by atoms with Gasteiger partial charge in [-0.3, -0.25) is 4.90 Å². The summed E-state index contributed by atoms with van der Waals surface area (Å²) in [5.41, 5.74) is 1.13. The van der Waals surface area contributed by atoms with Gasteiger partial charge in [0.25, 0.3) is 0 Å². The van der Waals surface area contributed by atoms with Crippen LogP contribution in [0.1, 0.15) is 48.0 Å². The lowest BCUT2D eigenvalue weighted by atomic mass is 10.0. The second-order valence-corrected chi connectivity index (χ2v) is 7.78. The number of thiazole rings is 1. The lowest BCUT2D eigenvalue weighted by molar-refractivity contribution is 0.232. The maximum Gasteiger partial charge on any atom is 0.230 e. The highest BCUT2D eigenvalue weighted by Crippen LogP contribution is 2.41. The van der Waals surface area contributed by atoms with Crippen LogP contribution in [0.25, 0.3) is 4.96 Å². The molecule has 0 bridgehead atoms. The number of aromatic nitrogens is 3. The molecule has 2 aromatic heterocycles. The van der Waals surface area contributed by atoms with E-state index in [1.807, 2.05) is 19.1 Å². The Morgan fingerprint density at radius 3 is 2.65 bits per heavy atom. The van der Waals surface area contributed by atoms with Crippen molar-refractivity contribution >= 4 is 16.3 Å². The van der Waals surface area contributed by atoms with Crippen molar-refractivity contribution in [3.05, 3.63) is 40.5 Å². The minimum absolute atomic E-state index is 0.0167.